The molecule has 0 aliphatic carbocycles. The van der Waals surface area contributed by atoms with E-state index in [1.807, 2.05) is 47.4 Å². The van der Waals surface area contributed by atoms with E-state index in [4.69, 9.17) is 0 Å². The number of hydrogen-bond acceptors (Lipinski definition) is 3. The van der Waals surface area contributed by atoms with E-state index in [9.17, 15) is 18.0 Å². The zero-order chi connectivity index (χ0) is 21.1. The summed E-state index contributed by atoms with van der Waals surface area (Å²) in [6.45, 7) is 2.02. The molecule has 30 heavy (non-hydrogen) atoms. The Balaban J connectivity index is 1.35. The third kappa shape index (κ3) is 4.45. The second-order valence-electron chi connectivity index (χ2n) is 7.16. The van der Waals surface area contributed by atoms with E-state index in [0.717, 1.165) is 28.6 Å². The lowest BCUT2D eigenvalue weighted by Crippen LogP contribution is -2.48. The number of fused-ring (bicyclic) bond motifs is 1. The number of aromatic nitrogens is 1. The van der Waals surface area contributed by atoms with Gasteiger partial charge in [-0.15, -0.1) is 0 Å². The number of carbonyl (C=O) groups is 1. The van der Waals surface area contributed by atoms with Gasteiger partial charge in [0.15, 0.2) is 0 Å². The summed E-state index contributed by atoms with van der Waals surface area (Å²) in [4.78, 5) is 20.1. The number of nitrogens with zero attached hydrogens (tertiary/aromatic N) is 3. The highest BCUT2D eigenvalue weighted by Crippen LogP contribution is 2.29. The summed E-state index contributed by atoms with van der Waals surface area (Å²) < 4.78 is 38.0. The van der Waals surface area contributed by atoms with E-state index in [2.05, 4.69) is 4.98 Å². The Morgan fingerprint density at radius 1 is 0.933 bits per heavy atom. The average Bonchev–Trinajstić information content (AvgIpc) is 2.77. The molecule has 1 amide bonds. The smallest absolute Gasteiger partial charge is 0.353 e. The number of hydrogen-bond donors (Lipinski definition) is 0. The maximum Gasteiger partial charge on any atom is 0.417 e. The van der Waals surface area contributed by atoms with Gasteiger partial charge >= 0.3 is 6.18 Å². The van der Waals surface area contributed by atoms with Gasteiger partial charge in [-0.1, -0.05) is 36.4 Å². The van der Waals surface area contributed by atoms with Crippen molar-refractivity contribution in [2.75, 3.05) is 31.1 Å². The van der Waals surface area contributed by atoms with Gasteiger partial charge in [0.1, 0.15) is 5.82 Å². The van der Waals surface area contributed by atoms with Crippen molar-refractivity contribution in [3.63, 3.8) is 0 Å². The number of anilines is 1. The lowest BCUT2D eigenvalue weighted by molar-refractivity contribution is -0.137. The number of amides is 1. The minimum absolute atomic E-state index is 0.0804. The first-order valence-electron chi connectivity index (χ1n) is 9.64. The van der Waals surface area contributed by atoms with Crippen LogP contribution in [0.1, 0.15) is 11.1 Å². The van der Waals surface area contributed by atoms with Crippen LogP contribution >= 0.6 is 0 Å². The highest BCUT2D eigenvalue weighted by molar-refractivity contribution is 5.93. The fourth-order valence-corrected chi connectivity index (χ4v) is 3.48. The van der Waals surface area contributed by atoms with Crippen LogP contribution in [0.5, 0.6) is 0 Å². The van der Waals surface area contributed by atoms with Crippen molar-refractivity contribution in [1.29, 1.82) is 0 Å². The lowest BCUT2D eigenvalue weighted by Gasteiger charge is -2.35. The number of alkyl halides is 3. The van der Waals surface area contributed by atoms with Crippen molar-refractivity contribution < 1.29 is 18.0 Å². The number of pyridine rings is 1. The molecule has 1 fully saturated rings. The molecule has 0 radical (unpaired) electrons. The topological polar surface area (TPSA) is 36.4 Å². The Morgan fingerprint density at radius 3 is 2.33 bits per heavy atom. The van der Waals surface area contributed by atoms with Crippen LogP contribution < -0.4 is 4.90 Å². The first kappa shape index (κ1) is 19.9. The maximum atomic E-state index is 12.7. The van der Waals surface area contributed by atoms with Crippen LogP contribution in [0, 0.1) is 0 Å². The molecule has 1 saturated heterocycles. The summed E-state index contributed by atoms with van der Waals surface area (Å²) in [5.74, 6) is 0.407. The third-order valence-electron chi connectivity index (χ3n) is 5.18. The lowest BCUT2D eigenvalue weighted by atomic mass is 10.1. The van der Waals surface area contributed by atoms with Gasteiger partial charge in [-0.05, 0) is 40.6 Å². The predicted molar refractivity (Wildman–Crippen MR) is 111 cm³/mol. The van der Waals surface area contributed by atoms with Crippen LogP contribution in [-0.2, 0) is 11.0 Å². The van der Waals surface area contributed by atoms with Crippen LogP contribution in [0.25, 0.3) is 16.8 Å². The van der Waals surface area contributed by atoms with Gasteiger partial charge in [-0.2, -0.15) is 13.2 Å². The molecule has 4 nitrogen and oxygen atoms in total. The van der Waals surface area contributed by atoms with E-state index < -0.39 is 11.7 Å². The summed E-state index contributed by atoms with van der Waals surface area (Å²) in [6.07, 6.45) is -0.179. The van der Waals surface area contributed by atoms with Crippen LogP contribution in [0.2, 0.25) is 0 Å². The molecule has 0 saturated carbocycles. The largest absolute Gasteiger partial charge is 0.417 e. The van der Waals surface area contributed by atoms with Gasteiger partial charge in [0, 0.05) is 38.5 Å². The van der Waals surface area contributed by atoms with Crippen LogP contribution in [0.4, 0.5) is 19.0 Å². The minimum atomic E-state index is -4.39. The van der Waals surface area contributed by atoms with Gasteiger partial charge in [0.25, 0.3) is 0 Å². The highest BCUT2D eigenvalue weighted by atomic mass is 19.4. The summed E-state index contributed by atoms with van der Waals surface area (Å²) >= 11 is 0. The summed E-state index contributed by atoms with van der Waals surface area (Å²) in [6, 6.07) is 16.5. The number of benzene rings is 2. The van der Waals surface area contributed by atoms with E-state index in [-0.39, 0.29) is 5.91 Å². The molecule has 1 aromatic heterocycles. The Bertz CT molecular complexity index is 1070. The molecule has 0 bridgehead atoms. The average molecular weight is 411 g/mol. The van der Waals surface area contributed by atoms with Gasteiger partial charge in [0.2, 0.25) is 5.91 Å². The quantitative estimate of drug-likeness (QED) is 0.591. The molecule has 154 valence electrons. The molecular formula is C23H20F3N3O. The maximum absolute atomic E-state index is 12.7. The number of carbonyl (C=O) groups excluding carboxylic acids is 1. The Hall–Kier alpha value is -3.35. The van der Waals surface area contributed by atoms with Gasteiger partial charge in [0.05, 0.1) is 5.56 Å². The second kappa shape index (κ2) is 8.18. The molecule has 3 aromatic rings. The Kier molecular flexibility index (Phi) is 5.44. The fourth-order valence-electron chi connectivity index (χ4n) is 3.48. The molecule has 2 aromatic carbocycles. The molecular weight excluding hydrogens is 391 g/mol. The molecule has 1 aliphatic heterocycles. The molecule has 4 rings (SSSR count). The van der Waals surface area contributed by atoms with Gasteiger partial charge in [-0.25, -0.2) is 4.98 Å². The van der Waals surface area contributed by atoms with Crippen molar-refractivity contribution >= 4 is 28.6 Å². The highest BCUT2D eigenvalue weighted by Gasteiger charge is 2.31. The molecule has 0 spiro atoms. The minimum Gasteiger partial charge on any atom is -0.353 e. The zero-order valence-electron chi connectivity index (χ0n) is 16.1. The van der Waals surface area contributed by atoms with E-state index in [1.54, 1.807) is 17.1 Å². The first-order valence-corrected chi connectivity index (χ1v) is 9.64. The molecule has 2 heterocycles. The van der Waals surface area contributed by atoms with Crippen molar-refractivity contribution in [2.24, 2.45) is 0 Å². The van der Waals surface area contributed by atoms with E-state index in [1.165, 1.54) is 6.07 Å². The Morgan fingerprint density at radius 2 is 1.67 bits per heavy atom. The number of piperazine rings is 1. The monoisotopic (exact) mass is 411 g/mol. The summed E-state index contributed by atoms with van der Waals surface area (Å²) in [7, 11) is 0. The van der Waals surface area contributed by atoms with Crippen molar-refractivity contribution in [3.8, 4) is 0 Å². The molecule has 0 atom stereocenters. The van der Waals surface area contributed by atoms with Crippen LogP contribution in [-0.4, -0.2) is 42.0 Å². The van der Waals surface area contributed by atoms with Crippen molar-refractivity contribution in [1.82, 2.24) is 9.88 Å². The van der Waals surface area contributed by atoms with Crippen molar-refractivity contribution in [2.45, 2.75) is 6.18 Å². The van der Waals surface area contributed by atoms with Crippen LogP contribution in [0.3, 0.4) is 0 Å². The van der Waals surface area contributed by atoms with Crippen molar-refractivity contribution in [3.05, 3.63) is 78.0 Å². The van der Waals surface area contributed by atoms with Gasteiger partial charge in [-0.3, -0.25) is 4.79 Å². The normalized spacial score (nSPS) is 15.2. The zero-order valence-corrected chi connectivity index (χ0v) is 16.1. The fraction of sp³-hybridized carbons (Fsp3) is 0.217. The molecule has 0 unspecified atom stereocenters. The molecule has 7 heteroatoms. The number of halogens is 3. The standard InChI is InChI=1S/C23H20F3N3O/c24-23(25,26)20-8-9-21(27-16-20)28-11-13-29(14-12-28)22(30)10-6-17-5-7-18-3-1-2-4-19(18)15-17/h1-10,15-16H,11-14H2/b10-6+. The van der Waals surface area contributed by atoms with E-state index >= 15 is 0 Å². The van der Waals surface area contributed by atoms with Crippen LogP contribution in [0.15, 0.2) is 66.9 Å². The molecule has 1 aliphatic rings. The van der Waals surface area contributed by atoms with Gasteiger partial charge < -0.3 is 9.80 Å². The predicted octanol–water partition coefficient (Wildman–Crippen LogP) is 4.62. The Labute approximate surface area is 172 Å². The first-order chi connectivity index (χ1) is 14.4. The molecule has 0 N–H and O–H groups in total. The second-order valence-corrected chi connectivity index (χ2v) is 7.16. The number of rotatable bonds is 3. The SMILES string of the molecule is O=C(/C=C/c1ccc2ccccc2c1)N1CCN(c2ccc(C(F)(F)F)cn2)CC1. The summed E-state index contributed by atoms with van der Waals surface area (Å²) in [5.41, 5.74) is 0.188. The van der Waals surface area contributed by atoms with E-state index in [0.29, 0.717) is 32.0 Å². The third-order valence-corrected chi connectivity index (χ3v) is 5.18. The summed E-state index contributed by atoms with van der Waals surface area (Å²) in [5, 5.41) is 2.26.